The SMILES string of the molecule is COc1cc(/C=N/NC(=O)c2ccncc2)ccc1OC(=O)c1ccco1. The number of rotatable bonds is 6. The first-order chi connectivity index (χ1) is 13.2. The number of hydrogen-bond acceptors (Lipinski definition) is 7. The predicted molar refractivity (Wildman–Crippen MR) is 96.0 cm³/mol. The Morgan fingerprint density at radius 3 is 2.67 bits per heavy atom. The van der Waals surface area contributed by atoms with Crippen LogP contribution in [0.3, 0.4) is 0 Å². The van der Waals surface area contributed by atoms with E-state index in [4.69, 9.17) is 13.9 Å². The van der Waals surface area contributed by atoms with Crippen LogP contribution in [0.2, 0.25) is 0 Å². The molecule has 1 aromatic carbocycles. The highest BCUT2D eigenvalue weighted by Gasteiger charge is 2.14. The second-order valence-corrected chi connectivity index (χ2v) is 5.21. The minimum Gasteiger partial charge on any atom is -0.493 e. The molecule has 8 nitrogen and oxygen atoms in total. The molecule has 8 heteroatoms. The fourth-order valence-electron chi connectivity index (χ4n) is 2.13. The van der Waals surface area contributed by atoms with Crippen molar-refractivity contribution in [2.45, 2.75) is 0 Å². The molecule has 27 heavy (non-hydrogen) atoms. The van der Waals surface area contributed by atoms with Crippen LogP contribution < -0.4 is 14.9 Å². The van der Waals surface area contributed by atoms with Crippen molar-refractivity contribution in [1.29, 1.82) is 0 Å². The summed E-state index contributed by atoms with van der Waals surface area (Å²) in [6, 6.07) is 11.1. The van der Waals surface area contributed by atoms with Gasteiger partial charge in [0.15, 0.2) is 11.5 Å². The number of nitrogens with one attached hydrogen (secondary N) is 1. The summed E-state index contributed by atoms with van der Waals surface area (Å²) < 4.78 is 15.5. The summed E-state index contributed by atoms with van der Waals surface area (Å²) in [5, 5.41) is 3.90. The standard InChI is InChI=1S/C19H15N3O5/c1-25-17-11-13(12-21-22-18(23)14-6-8-20-9-7-14)4-5-15(17)27-19(24)16-3-2-10-26-16/h2-12H,1H3,(H,22,23)/b21-12+. The second-order valence-electron chi connectivity index (χ2n) is 5.21. The summed E-state index contributed by atoms with van der Waals surface area (Å²) >= 11 is 0. The smallest absolute Gasteiger partial charge is 0.379 e. The maximum Gasteiger partial charge on any atom is 0.379 e. The normalized spacial score (nSPS) is 10.6. The van der Waals surface area contributed by atoms with Crippen molar-refractivity contribution in [3.8, 4) is 11.5 Å². The van der Waals surface area contributed by atoms with Crippen molar-refractivity contribution in [3.63, 3.8) is 0 Å². The van der Waals surface area contributed by atoms with E-state index >= 15 is 0 Å². The van der Waals surface area contributed by atoms with Crippen LogP contribution in [0, 0.1) is 0 Å². The number of carbonyl (C=O) groups is 2. The maximum absolute atomic E-state index is 12.0. The minimum atomic E-state index is -0.635. The molecule has 0 bridgehead atoms. The molecule has 1 N–H and O–H groups in total. The number of amides is 1. The topological polar surface area (TPSA) is 103 Å². The minimum absolute atomic E-state index is 0.0847. The average molecular weight is 365 g/mol. The molecule has 0 atom stereocenters. The lowest BCUT2D eigenvalue weighted by atomic mass is 10.2. The quantitative estimate of drug-likeness (QED) is 0.312. The zero-order valence-corrected chi connectivity index (χ0v) is 14.3. The van der Waals surface area contributed by atoms with Crippen LogP contribution in [0.4, 0.5) is 0 Å². The average Bonchev–Trinajstić information content (AvgIpc) is 3.24. The van der Waals surface area contributed by atoms with E-state index in [-0.39, 0.29) is 17.4 Å². The first-order valence-electron chi connectivity index (χ1n) is 7.84. The van der Waals surface area contributed by atoms with Gasteiger partial charge in [-0.3, -0.25) is 9.78 Å². The molecule has 0 aliphatic rings. The number of hydrogen-bond donors (Lipinski definition) is 1. The predicted octanol–water partition coefficient (Wildman–Crippen LogP) is 2.67. The van der Waals surface area contributed by atoms with Crippen LogP contribution >= 0.6 is 0 Å². The highest BCUT2D eigenvalue weighted by atomic mass is 16.6. The van der Waals surface area contributed by atoms with Crippen molar-refractivity contribution in [3.05, 3.63) is 78.0 Å². The molecule has 0 aliphatic heterocycles. The molecule has 3 rings (SSSR count). The third-order valence-electron chi connectivity index (χ3n) is 3.43. The molecule has 2 aromatic heterocycles. The van der Waals surface area contributed by atoms with Gasteiger partial charge >= 0.3 is 5.97 Å². The summed E-state index contributed by atoms with van der Waals surface area (Å²) in [6.07, 6.45) is 5.87. The van der Waals surface area contributed by atoms with Crippen LogP contribution in [0.5, 0.6) is 11.5 Å². The summed E-state index contributed by atoms with van der Waals surface area (Å²) in [5.41, 5.74) is 3.50. The van der Waals surface area contributed by atoms with Crippen molar-refractivity contribution >= 4 is 18.1 Å². The molecule has 0 radical (unpaired) electrons. The number of ether oxygens (including phenoxy) is 2. The third kappa shape index (κ3) is 4.57. The van der Waals surface area contributed by atoms with Gasteiger partial charge in [0.25, 0.3) is 5.91 Å². The van der Waals surface area contributed by atoms with Gasteiger partial charge in [-0.2, -0.15) is 5.10 Å². The first kappa shape index (κ1) is 17.9. The van der Waals surface area contributed by atoms with E-state index in [1.54, 1.807) is 36.4 Å². The number of pyridine rings is 1. The number of carbonyl (C=O) groups excluding carboxylic acids is 2. The van der Waals surface area contributed by atoms with Gasteiger partial charge in [-0.25, -0.2) is 10.2 Å². The monoisotopic (exact) mass is 365 g/mol. The summed E-state index contributed by atoms with van der Waals surface area (Å²) in [7, 11) is 1.45. The van der Waals surface area contributed by atoms with Gasteiger partial charge in [-0.15, -0.1) is 0 Å². The Morgan fingerprint density at radius 1 is 1.15 bits per heavy atom. The highest BCUT2D eigenvalue weighted by Crippen LogP contribution is 2.28. The molecule has 3 aromatic rings. The molecule has 0 fully saturated rings. The van der Waals surface area contributed by atoms with Gasteiger partial charge in [-0.05, 0) is 48.0 Å². The van der Waals surface area contributed by atoms with E-state index in [9.17, 15) is 9.59 Å². The van der Waals surface area contributed by atoms with Crippen molar-refractivity contribution in [2.75, 3.05) is 7.11 Å². The molecular weight excluding hydrogens is 350 g/mol. The van der Waals surface area contributed by atoms with Crippen LogP contribution in [0.25, 0.3) is 0 Å². The van der Waals surface area contributed by atoms with E-state index in [1.165, 1.54) is 38.0 Å². The zero-order valence-electron chi connectivity index (χ0n) is 14.3. The Morgan fingerprint density at radius 2 is 1.96 bits per heavy atom. The third-order valence-corrected chi connectivity index (χ3v) is 3.43. The number of furan rings is 1. The van der Waals surface area contributed by atoms with Gasteiger partial charge in [0.05, 0.1) is 19.6 Å². The molecule has 0 saturated carbocycles. The van der Waals surface area contributed by atoms with E-state index in [0.717, 1.165) is 0 Å². The number of benzene rings is 1. The number of methoxy groups -OCH3 is 1. The van der Waals surface area contributed by atoms with Gasteiger partial charge in [0.1, 0.15) is 0 Å². The molecule has 0 saturated heterocycles. The molecule has 0 aliphatic carbocycles. The summed E-state index contributed by atoms with van der Waals surface area (Å²) in [4.78, 5) is 27.7. The fourth-order valence-corrected chi connectivity index (χ4v) is 2.13. The maximum atomic E-state index is 12.0. The van der Waals surface area contributed by atoms with Gasteiger partial charge in [0, 0.05) is 18.0 Å². The Balaban J connectivity index is 1.66. The van der Waals surface area contributed by atoms with E-state index < -0.39 is 5.97 Å². The Kier molecular flexibility index (Phi) is 5.58. The Hall–Kier alpha value is -3.94. The Labute approximate surface area is 154 Å². The van der Waals surface area contributed by atoms with Gasteiger partial charge in [0.2, 0.25) is 5.76 Å². The Bertz CT molecular complexity index is 953. The number of esters is 1. The van der Waals surface area contributed by atoms with Crippen LogP contribution in [0.1, 0.15) is 26.5 Å². The van der Waals surface area contributed by atoms with Crippen molar-refractivity contribution in [1.82, 2.24) is 10.4 Å². The van der Waals surface area contributed by atoms with Gasteiger partial charge in [-0.1, -0.05) is 0 Å². The second kappa shape index (κ2) is 8.43. The lowest BCUT2D eigenvalue weighted by Crippen LogP contribution is -2.17. The number of nitrogens with zero attached hydrogens (tertiary/aromatic N) is 2. The lowest BCUT2D eigenvalue weighted by molar-refractivity contribution is 0.0696. The lowest BCUT2D eigenvalue weighted by Gasteiger charge is -2.09. The highest BCUT2D eigenvalue weighted by molar-refractivity contribution is 5.94. The number of hydrazone groups is 1. The van der Waals surface area contributed by atoms with Crippen LogP contribution in [-0.2, 0) is 0 Å². The largest absolute Gasteiger partial charge is 0.493 e. The molecule has 0 spiro atoms. The van der Waals surface area contributed by atoms with E-state index in [2.05, 4.69) is 15.5 Å². The van der Waals surface area contributed by atoms with Crippen molar-refractivity contribution in [2.24, 2.45) is 5.10 Å². The van der Waals surface area contributed by atoms with Crippen LogP contribution in [-0.4, -0.2) is 30.2 Å². The molecular formula is C19H15N3O5. The van der Waals surface area contributed by atoms with Crippen LogP contribution in [0.15, 0.2) is 70.6 Å². The first-order valence-corrected chi connectivity index (χ1v) is 7.84. The summed E-state index contributed by atoms with van der Waals surface area (Å²) in [6.45, 7) is 0. The zero-order chi connectivity index (χ0) is 19.1. The summed E-state index contributed by atoms with van der Waals surface area (Å²) in [5.74, 6) is -0.341. The molecule has 2 heterocycles. The van der Waals surface area contributed by atoms with Gasteiger partial charge < -0.3 is 13.9 Å². The molecule has 1 amide bonds. The van der Waals surface area contributed by atoms with E-state index in [1.807, 2.05) is 0 Å². The number of aromatic nitrogens is 1. The van der Waals surface area contributed by atoms with Crippen molar-refractivity contribution < 1.29 is 23.5 Å². The fraction of sp³-hybridized carbons (Fsp3) is 0.0526. The van der Waals surface area contributed by atoms with E-state index in [0.29, 0.717) is 16.9 Å². The molecule has 0 unspecified atom stereocenters. The molecule has 136 valence electrons.